The van der Waals surface area contributed by atoms with Gasteiger partial charge in [-0.2, -0.15) is 4.98 Å². The zero-order chi connectivity index (χ0) is 17.8. The van der Waals surface area contributed by atoms with E-state index in [9.17, 15) is 0 Å². The van der Waals surface area contributed by atoms with E-state index < -0.39 is 0 Å². The average Bonchev–Trinajstić information content (AvgIpc) is 3.14. The summed E-state index contributed by atoms with van der Waals surface area (Å²) in [6, 6.07) is 19.5. The van der Waals surface area contributed by atoms with Crippen molar-refractivity contribution in [2.75, 3.05) is 0 Å². The second-order valence-corrected chi connectivity index (χ2v) is 5.83. The first kappa shape index (κ1) is 15.8. The van der Waals surface area contributed by atoms with Crippen LogP contribution in [0, 0.1) is 5.41 Å². The molecule has 6 heteroatoms. The van der Waals surface area contributed by atoms with Gasteiger partial charge in [-0.15, -0.1) is 5.10 Å². The van der Waals surface area contributed by atoms with E-state index >= 15 is 0 Å². The molecular weight excluding hydrogens is 324 g/mol. The molecule has 0 saturated carbocycles. The van der Waals surface area contributed by atoms with Crippen LogP contribution in [0.1, 0.15) is 17.0 Å². The number of H-pyrrole nitrogens is 1. The van der Waals surface area contributed by atoms with Crippen molar-refractivity contribution in [2.45, 2.75) is 6.42 Å². The Kier molecular flexibility index (Phi) is 4.30. The van der Waals surface area contributed by atoms with Crippen molar-refractivity contribution >= 4 is 28.8 Å². The Labute approximate surface area is 150 Å². The van der Waals surface area contributed by atoms with Crippen LogP contribution in [0.25, 0.3) is 10.9 Å². The van der Waals surface area contributed by atoms with Crippen LogP contribution in [0.3, 0.4) is 0 Å². The summed E-state index contributed by atoms with van der Waals surface area (Å²) in [6.45, 7) is 0. The van der Waals surface area contributed by atoms with Gasteiger partial charge in [0.05, 0.1) is 17.4 Å². The number of hydrogen-bond acceptors (Lipinski definition) is 5. The lowest BCUT2D eigenvalue weighted by molar-refractivity contribution is 0.973. The fraction of sp³-hybridized carbons (Fsp3) is 0.0500. The number of aromatic nitrogens is 4. The van der Waals surface area contributed by atoms with Gasteiger partial charge in [-0.25, -0.2) is 4.99 Å². The minimum Gasteiger partial charge on any atom is -0.299 e. The molecule has 0 aliphatic carbocycles. The standard InChI is InChI=1S/C20H16N6/c21-17(15-5-2-1-3-6-15)13-23-20-24-19(25-26-20)12-14-8-9-18-16(11-14)7-4-10-22-18/h1-11,13,21H,12H2,(H,24,25,26). The van der Waals surface area contributed by atoms with Gasteiger partial charge in [-0.1, -0.05) is 42.5 Å². The van der Waals surface area contributed by atoms with Gasteiger partial charge < -0.3 is 0 Å². The fourth-order valence-electron chi connectivity index (χ4n) is 2.66. The first-order chi connectivity index (χ1) is 12.8. The van der Waals surface area contributed by atoms with Gasteiger partial charge in [0.1, 0.15) is 5.82 Å². The molecule has 0 saturated heterocycles. The topological polar surface area (TPSA) is 90.7 Å². The quantitative estimate of drug-likeness (QED) is 0.543. The molecule has 0 aliphatic heterocycles. The molecule has 6 nitrogen and oxygen atoms in total. The number of hydrogen-bond donors (Lipinski definition) is 2. The lowest BCUT2D eigenvalue weighted by atomic mass is 10.1. The number of fused-ring (bicyclic) bond motifs is 1. The van der Waals surface area contributed by atoms with Crippen LogP contribution < -0.4 is 0 Å². The van der Waals surface area contributed by atoms with Gasteiger partial charge in [-0.3, -0.25) is 15.5 Å². The minimum atomic E-state index is 0.318. The highest BCUT2D eigenvalue weighted by atomic mass is 15.3. The van der Waals surface area contributed by atoms with Crippen LogP contribution >= 0.6 is 0 Å². The average molecular weight is 340 g/mol. The predicted molar refractivity (Wildman–Crippen MR) is 102 cm³/mol. The smallest absolute Gasteiger partial charge is 0.268 e. The highest BCUT2D eigenvalue weighted by Crippen LogP contribution is 2.16. The van der Waals surface area contributed by atoms with Gasteiger partial charge in [0.15, 0.2) is 0 Å². The highest BCUT2D eigenvalue weighted by molar-refractivity contribution is 6.37. The Bertz CT molecular complexity index is 1080. The first-order valence-electron chi connectivity index (χ1n) is 8.21. The van der Waals surface area contributed by atoms with Crippen LogP contribution in [0.2, 0.25) is 0 Å². The van der Waals surface area contributed by atoms with Crippen molar-refractivity contribution in [3.8, 4) is 0 Å². The summed E-state index contributed by atoms with van der Waals surface area (Å²) < 4.78 is 0. The van der Waals surface area contributed by atoms with Gasteiger partial charge in [-0.05, 0) is 23.8 Å². The molecule has 0 spiro atoms. The van der Waals surface area contributed by atoms with Crippen LogP contribution in [0.4, 0.5) is 5.95 Å². The molecule has 2 heterocycles. The molecule has 0 fully saturated rings. The Morgan fingerprint density at radius 1 is 1.08 bits per heavy atom. The monoisotopic (exact) mass is 340 g/mol. The number of rotatable bonds is 5. The van der Waals surface area contributed by atoms with Crippen LogP contribution in [0.5, 0.6) is 0 Å². The lowest BCUT2D eigenvalue weighted by Gasteiger charge is -2.00. The van der Waals surface area contributed by atoms with Crippen molar-refractivity contribution in [3.63, 3.8) is 0 Å². The highest BCUT2D eigenvalue weighted by Gasteiger charge is 2.05. The molecule has 4 aromatic rings. The number of nitrogens with zero attached hydrogens (tertiary/aromatic N) is 4. The van der Waals surface area contributed by atoms with E-state index in [-0.39, 0.29) is 0 Å². The Morgan fingerprint density at radius 3 is 2.85 bits per heavy atom. The van der Waals surface area contributed by atoms with Crippen LogP contribution in [0.15, 0.2) is 71.9 Å². The Hall–Kier alpha value is -3.67. The van der Waals surface area contributed by atoms with E-state index in [1.165, 1.54) is 6.21 Å². The largest absolute Gasteiger partial charge is 0.299 e. The number of aromatic amines is 1. The number of nitrogens with one attached hydrogen (secondary N) is 2. The third-order valence-electron chi connectivity index (χ3n) is 3.95. The SMILES string of the molecule is N=C(C=Nc1n[nH]c(Cc2ccc3ncccc3c2)n1)c1ccccc1. The predicted octanol–water partition coefficient (Wildman–Crippen LogP) is 3.71. The number of aliphatic imine (C=N–C) groups is 1. The molecular formula is C20H16N6. The summed E-state index contributed by atoms with van der Waals surface area (Å²) in [5.74, 6) is 1.05. The maximum absolute atomic E-state index is 8.02. The molecule has 26 heavy (non-hydrogen) atoms. The number of benzene rings is 2. The zero-order valence-electron chi connectivity index (χ0n) is 13.9. The molecule has 0 unspecified atom stereocenters. The van der Waals surface area contributed by atoms with Crippen LogP contribution in [-0.2, 0) is 6.42 Å². The Morgan fingerprint density at radius 2 is 1.96 bits per heavy atom. The van der Waals surface area contributed by atoms with Crippen molar-refractivity contribution in [3.05, 3.63) is 83.8 Å². The molecule has 2 aromatic carbocycles. The molecule has 0 bridgehead atoms. The van der Waals surface area contributed by atoms with E-state index in [1.54, 1.807) is 6.20 Å². The van der Waals surface area contributed by atoms with Gasteiger partial charge in [0, 0.05) is 23.6 Å². The molecule has 0 radical (unpaired) electrons. The summed E-state index contributed by atoms with van der Waals surface area (Å²) in [5.41, 5.74) is 3.21. The Balaban J connectivity index is 1.47. The molecule has 0 amide bonds. The third kappa shape index (κ3) is 3.54. The summed E-state index contributed by atoms with van der Waals surface area (Å²) in [5, 5.41) is 16.1. The van der Waals surface area contributed by atoms with E-state index in [0.717, 1.165) is 27.9 Å². The first-order valence-corrected chi connectivity index (χ1v) is 8.21. The molecule has 2 N–H and O–H groups in total. The van der Waals surface area contributed by atoms with Crippen molar-refractivity contribution in [2.24, 2.45) is 4.99 Å². The van der Waals surface area contributed by atoms with E-state index in [4.69, 9.17) is 5.41 Å². The van der Waals surface area contributed by atoms with Gasteiger partial charge in [0.25, 0.3) is 5.95 Å². The molecule has 126 valence electrons. The number of pyridine rings is 1. The van der Waals surface area contributed by atoms with E-state index in [2.05, 4.69) is 31.2 Å². The van der Waals surface area contributed by atoms with Gasteiger partial charge >= 0.3 is 0 Å². The maximum atomic E-state index is 8.02. The summed E-state index contributed by atoms with van der Waals surface area (Å²) in [6.07, 6.45) is 3.88. The summed E-state index contributed by atoms with van der Waals surface area (Å²) in [7, 11) is 0. The second kappa shape index (κ2) is 7.06. The van der Waals surface area contributed by atoms with Crippen molar-refractivity contribution in [1.29, 1.82) is 5.41 Å². The summed E-state index contributed by atoms with van der Waals surface area (Å²) >= 11 is 0. The third-order valence-corrected chi connectivity index (χ3v) is 3.95. The van der Waals surface area contributed by atoms with Crippen molar-refractivity contribution in [1.82, 2.24) is 20.2 Å². The van der Waals surface area contributed by atoms with Gasteiger partial charge in [0.2, 0.25) is 0 Å². The zero-order valence-corrected chi connectivity index (χ0v) is 13.9. The normalized spacial score (nSPS) is 11.2. The minimum absolute atomic E-state index is 0.318. The summed E-state index contributed by atoms with van der Waals surface area (Å²) in [4.78, 5) is 12.9. The van der Waals surface area contributed by atoms with Crippen molar-refractivity contribution < 1.29 is 0 Å². The molecule has 2 aromatic heterocycles. The lowest BCUT2D eigenvalue weighted by Crippen LogP contribution is -1.99. The maximum Gasteiger partial charge on any atom is 0.268 e. The van der Waals surface area contributed by atoms with E-state index in [1.807, 2.05) is 54.6 Å². The molecule has 0 aliphatic rings. The molecule has 0 atom stereocenters. The van der Waals surface area contributed by atoms with Crippen LogP contribution in [-0.4, -0.2) is 32.1 Å². The second-order valence-electron chi connectivity index (χ2n) is 5.83. The fourth-order valence-corrected chi connectivity index (χ4v) is 2.66. The molecule has 4 rings (SSSR count). The van der Waals surface area contributed by atoms with E-state index in [0.29, 0.717) is 18.1 Å².